The lowest BCUT2D eigenvalue weighted by atomic mass is 9.78. The molecule has 1 heterocycles. The van der Waals surface area contributed by atoms with Crippen LogP contribution in [-0.2, 0) is 9.53 Å². The summed E-state index contributed by atoms with van der Waals surface area (Å²) in [6, 6.07) is 0.162. The summed E-state index contributed by atoms with van der Waals surface area (Å²) < 4.78 is 5.10. The molecular weight excluding hydrogens is 246 g/mol. The molecule has 3 unspecified atom stereocenters. The van der Waals surface area contributed by atoms with E-state index >= 15 is 0 Å². The van der Waals surface area contributed by atoms with Gasteiger partial charge in [-0.2, -0.15) is 0 Å². The van der Waals surface area contributed by atoms with Gasteiger partial charge in [0, 0.05) is 12.6 Å². The Labute approximate surface area is 113 Å². The fourth-order valence-electron chi connectivity index (χ4n) is 3.46. The lowest BCUT2D eigenvalue weighted by Crippen LogP contribution is -2.39. The molecule has 1 aliphatic heterocycles. The van der Waals surface area contributed by atoms with E-state index in [0.717, 1.165) is 25.7 Å². The first-order chi connectivity index (χ1) is 9.13. The molecule has 0 bridgehead atoms. The normalized spacial score (nSPS) is 29.7. The van der Waals surface area contributed by atoms with Crippen LogP contribution in [0.5, 0.6) is 0 Å². The van der Waals surface area contributed by atoms with Gasteiger partial charge in [0.15, 0.2) is 0 Å². The fraction of sp³-hybridized carbons (Fsp3) is 0.714. The number of carboxylic acid groups (broad SMARTS) is 1. The number of hydrogen-bond acceptors (Lipinski definition) is 3. The van der Waals surface area contributed by atoms with Gasteiger partial charge in [-0.15, -0.1) is 0 Å². The van der Waals surface area contributed by atoms with Crippen molar-refractivity contribution in [2.45, 2.75) is 38.1 Å². The van der Waals surface area contributed by atoms with Gasteiger partial charge in [-0.3, -0.25) is 4.79 Å². The molecule has 19 heavy (non-hydrogen) atoms. The Kier molecular flexibility index (Phi) is 4.45. The van der Waals surface area contributed by atoms with Gasteiger partial charge < -0.3 is 14.7 Å². The number of likely N-dealkylation sites (tertiary alicyclic amines) is 1. The summed E-state index contributed by atoms with van der Waals surface area (Å²) >= 11 is 0. The number of nitrogens with zero attached hydrogens (tertiary/aromatic N) is 1. The number of ether oxygens (including phenoxy) is 1. The van der Waals surface area contributed by atoms with Crippen LogP contribution in [0, 0.1) is 11.8 Å². The van der Waals surface area contributed by atoms with E-state index in [9.17, 15) is 9.59 Å². The van der Waals surface area contributed by atoms with Crippen LogP contribution >= 0.6 is 0 Å². The molecule has 3 atom stereocenters. The smallest absolute Gasteiger partial charge is 0.410 e. The van der Waals surface area contributed by atoms with Crippen LogP contribution < -0.4 is 0 Å². The summed E-state index contributed by atoms with van der Waals surface area (Å²) in [6.45, 7) is 4.24. The Balaban J connectivity index is 2.05. The lowest BCUT2D eigenvalue weighted by molar-refractivity contribution is -0.138. The minimum absolute atomic E-state index is 0.0686. The molecule has 0 aromatic rings. The van der Waals surface area contributed by atoms with Crippen molar-refractivity contribution in [2.75, 3.05) is 13.2 Å². The molecule has 0 spiro atoms. The molecule has 1 saturated carbocycles. The van der Waals surface area contributed by atoms with Crippen LogP contribution in [0.2, 0.25) is 0 Å². The maximum absolute atomic E-state index is 12.0. The Morgan fingerprint density at radius 2 is 2.11 bits per heavy atom. The molecule has 1 amide bonds. The van der Waals surface area contributed by atoms with Crippen molar-refractivity contribution < 1.29 is 19.4 Å². The largest absolute Gasteiger partial charge is 0.481 e. The van der Waals surface area contributed by atoms with Crippen molar-refractivity contribution in [3.63, 3.8) is 0 Å². The van der Waals surface area contributed by atoms with E-state index < -0.39 is 5.97 Å². The van der Waals surface area contributed by atoms with Gasteiger partial charge in [-0.1, -0.05) is 25.5 Å². The van der Waals surface area contributed by atoms with E-state index in [1.807, 2.05) is 0 Å². The standard InChI is InChI=1S/C14H21NO4/c1-2-7-19-14(18)15-9-10(8-13(16)17)11-5-3-4-6-12(11)15/h2,10-12H,1,3-9H2,(H,16,17). The first-order valence-electron chi connectivity index (χ1n) is 6.89. The SMILES string of the molecule is C=CCOC(=O)N1CC(CC(=O)O)C2CCCCC21. The third-order valence-electron chi connectivity index (χ3n) is 4.21. The summed E-state index contributed by atoms with van der Waals surface area (Å²) in [4.78, 5) is 24.7. The van der Waals surface area contributed by atoms with E-state index in [1.54, 1.807) is 11.0 Å². The minimum Gasteiger partial charge on any atom is -0.481 e. The predicted octanol–water partition coefficient (Wildman–Crippen LogP) is 2.27. The summed E-state index contributed by atoms with van der Waals surface area (Å²) in [7, 11) is 0. The number of amides is 1. The number of carboxylic acids is 1. The zero-order valence-electron chi connectivity index (χ0n) is 11.1. The highest BCUT2D eigenvalue weighted by molar-refractivity contribution is 5.70. The molecule has 5 heteroatoms. The van der Waals surface area contributed by atoms with E-state index in [2.05, 4.69) is 6.58 Å². The average Bonchev–Trinajstić information content (AvgIpc) is 2.75. The number of aliphatic carboxylic acids is 1. The molecule has 1 N–H and O–H groups in total. The summed E-state index contributed by atoms with van der Waals surface area (Å²) in [5.74, 6) is -0.393. The lowest BCUT2D eigenvalue weighted by Gasteiger charge is -2.31. The molecule has 5 nitrogen and oxygen atoms in total. The first kappa shape index (κ1) is 13.9. The number of fused-ring (bicyclic) bond motifs is 1. The van der Waals surface area contributed by atoms with E-state index in [1.165, 1.54) is 0 Å². The van der Waals surface area contributed by atoms with Gasteiger partial charge in [-0.25, -0.2) is 4.79 Å². The van der Waals surface area contributed by atoms with Gasteiger partial charge in [0.1, 0.15) is 6.61 Å². The van der Waals surface area contributed by atoms with Gasteiger partial charge in [0.25, 0.3) is 0 Å². The molecule has 0 aromatic carbocycles. The quantitative estimate of drug-likeness (QED) is 0.793. The van der Waals surface area contributed by atoms with Crippen molar-refractivity contribution in [2.24, 2.45) is 11.8 Å². The van der Waals surface area contributed by atoms with Crippen LogP contribution in [0.4, 0.5) is 4.79 Å². The molecule has 0 aromatic heterocycles. The molecule has 2 aliphatic rings. The molecule has 106 valence electrons. The second-order valence-electron chi connectivity index (χ2n) is 5.39. The third-order valence-corrected chi connectivity index (χ3v) is 4.21. The van der Waals surface area contributed by atoms with Crippen LogP contribution in [0.1, 0.15) is 32.1 Å². The third kappa shape index (κ3) is 3.08. The molecule has 2 rings (SSSR count). The maximum Gasteiger partial charge on any atom is 0.410 e. The zero-order valence-corrected chi connectivity index (χ0v) is 11.1. The van der Waals surface area contributed by atoms with Crippen LogP contribution in [-0.4, -0.2) is 41.3 Å². The highest BCUT2D eigenvalue weighted by Crippen LogP contribution is 2.41. The number of rotatable bonds is 4. The van der Waals surface area contributed by atoms with Crippen molar-refractivity contribution in [1.29, 1.82) is 0 Å². The Morgan fingerprint density at radius 1 is 1.37 bits per heavy atom. The number of hydrogen-bond donors (Lipinski definition) is 1. The van der Waals surface area contributed by atoms with Crippen molar-refractivity contribution in [1.82, 2.24) is 4.90 Å². The van der Waals surface area contributed by atoms with Crippen LogP contribution in [0.25, 0.3) is 0 Å². The summed E-state index contributed by atoms with van der Waals surface area (Å²) in [5.41, 5.74) is 0. The van der Waals surface area contributed by atoms with E-state index in [-0.39, 0.29) is 31.1 Å². The average molecular weight is 267 g/mol. The highest BCUT2D eigenvalue weighted by atomic mass is 16.6. The topological polar surface area (TPSA) is 66.8 Å². The molecule has 1 aliphatic carbocycles. The molecule has 2 fully saturated rings. The van der Waals surface area contributed by atoms with Gasteiger partial charge >= 0.3 is 12.1 Å². The Hall–Kier alpha value is -1.52. The van der Waals surface area contributed by atoms with Crippen molar-refractivity contribution >= 4 is 12.1 Å². The Bertz CT molecular complexity index is 368. The van der Waals surface area contributed by atoms with Crippen LogP contribution in [0.15, 0.2) is 12.7 Å². The number of carbonyl (C=O) groups is 2. The monoisotopic (exact) mass is 267 g/mol. The second-order valence-corrected chi connectivity index (χ2v) is 5.39. The predicted molar refractivity (Wildman–Crippen MR) is 69.7 cm³/mol. The highest BCUT2D eigenvalue weighted by Gasteiger charge is 2.45. The number of carbonyl (C=O) groups excluding carboxylic acids is 1. The van der Waals surface area contributed by atoms with Crippen molar-refractivity contribution in [3.8, 4) is 0 Å². The maximum atomic E-state index is 12.0. The van der Waals surface area contributed by atoms with Gasteiger partial charge in [-0.05, 0) is 24.7 Å². The molecule has 1 saturated heterocycles. The zero-order chi connectivity index (χ0) is 13.8. The molecule has 0 radical (unpaired) electrons. The molecular formula is C14H21NO4. The second kappa shape index (κ2) is 6.08. The summed E-state index contributed by atoms with van der Waals surface area (Å²) in [5, 5.41) is 8.98. The minimum atomic E-state index is -0.782. The Morgan fingerprint density at radius 3 is 2.79 bits per heavy atom. The van der Waals surface area contributed by atoms with E-state index in [4.69, 9.17) is 9.84 Å². The first-order valence-corrected chi connectivity index (χ1v) is 6.89. The fourth-order valence-corrected chi connectivity index (χ4v) is 3.46. The van der Waals surface area contributed by atoms with Crippen molar-refractivity contribution in [3.05, 3.63) is 12.7 Å². The van der Waals surface area contributed by atoms with Gasteiger partial charge in [0.2, 0.25) is 0 Å². The van der Waals surface area contributed by atoms with Gasteiger partial charge in [0.05, 0.1) is 6.42 Å². The van der Waals surface area contributed by atoms with Crippen LogP contribution in [0.3, 0.4) is 0 Å². The summed E-state index contributed by atoms with van der Waals surface area (Å²) in [6.07, 6.45) is 5.58. The van der Waals surface area contributed by atoms with E-state index in [0.29, 0.717) is 12.5 Å².